The number of hydrogen-bond acceptors (Lipinski definition) is 5. The molecular weight excluding hydrogens is 316 g/mol. The van der Waals surface area contributed by atoms with Crippen LogP contribution in [0.2, 0.25) is 0 Å². The smallest absolute Gasteiger partial charge is 0.246 e. The zero-order valence-electron chi connectivity index (χ0n) is 14.2. The van der Waals surface area contributed by atoms with Crippen molar-refractivity contribution < 1.29 is 9.90 Å². The van der Waals surface area contributed by atoms with Crippen molar-refractivity contribution in [2.45, 2.75) is 19.9 Å². The van der Waals surface area contributed by atoms with E-state index in [0.717, 1.165) is 11.1 Å². The Labute approximate surface area is 147 Å². The number of phenolic OH excluding ortho intramolecular Hbond substituents is 1. The minimum atomic E-state index is -0.169. The van der Waals surface area contributed by atoms with E-state index in [2.05, 4.69) is 22.1 Å². The molecule has 0 unspecified atom stereocenters. The zero-order valence-corrected chi connectivity index (χ0v) is 14.2. The second-order valence-electron chi connectivity index (χ2n) is 5.64. The van der Waals surface area contributed by atoms with Gasteiger partial charge in [-0.3, -0.25) is 4.79 Å². The fraction of sp³-hybridized carbons (Fsp3) is 0.211. The average Bonchev–Trinajstić information content (AvgIpc) is 2.62. The van der Waals surface area contributed by atoms with Crippen molar-refractivity contribution in [2.75, 3.05) is 6.54 Å². The first-order chi connectivity index (χ1) is 12.0. The van der Waals surface area contributed by atoms with E-state index in [9.17, 15) is 9.90 Å². The molecule has 2 aromatic carbocycles. The van der Waals surface area contributed by atoms with Gasteiger partial charge >= 0.3 is 0 Å². The molecular formula is C19H22N4O2. The number of nitrogens with two attached hydrogens (primary N) is 1. The van der Waals surface area contributed by atoms with Crippen LogP contribution >= 0.6 is 0 Å². The van der Waals surface area contributed by atoms with Crippen LogP contribution in [0.5, 0.6) is 5.75 Å². The number of rotatable bonds is 7. The summed E-state index contributed by atoms with van der Waals surface area (Å²) in [5.74, 6) is -0.124. The molecule has 6 nitrogen and oxygen atoms in total. The summed E-state index contributed by atoms with van der Waals surface area (Å²) in [7, 11) is 0. The van der Waals surface area contributed by atoms with E-state index in [1.165, 1.54) is 0 Å². The van der Waals surface area contributed by atoms with Crippen molar-refractivity contribution in [2.24, 2.45) is 16.0 Å². The molecule has 2 aromatic rings. The van der Waals surface area contributed by atoms with E-state index in [1.54, 1.807) is 25.1 Å². The molecule has 130 valence electrons. The Kier molecular flexibility index (Phi) is 6.42. The monoisotopic (exact) mass is 338 g/mol. The first-order valence-electron chi connectivity index (χ1n) is 7.96. The minimum absolute atomic E-state index is 0.0451. The molecule has 0 radical (unpaired) electrons. The largest absolute Gasteiger partial charge is 0.506 e. The van der Waals surface area contributed by atoms with E-state index in [-0.39, 0.29) is 11.7 Å². The van der Waals surface area contributed by atoms with Crippen LogP contribution in [0.1, 0.15) is 18.1 Å². The molecule has 0 heterocycles. The highest BCUT2D eigenvalue weighted by Gasteiger charge is 2.05. The topological polar surface area (TPSA) is 100 Å². The Morgan fingerprint density at radius 1 is 1.20 bits per heavy atom. The van der Waals surface area contributed by atoms with Crippen LogP contribution in [0.4, 0.5) is 11.4 Å². The Morgan fingerprint density at radius 2 is 1.92 bits per heavy atom. The number of amides is 1. The van der Waals surface area contributed by atoms with Crippen LogP contribution < -0.4 is 11.1 Å². The van der Waals surface area contributed by atoms with Gasteiger partial charge < -0.3 is 16.2 Å². The van der Waals surface area contributed by atoms with E-state index in [4.69, 9.17) is 5.73 Å². The first-order valence-corrected chi connectivity index (χ1v) is 7.96. The van der Waals surface area contributed by atoms with Crippen molar-refractivity contribution in [1.29, 1.82) is 0 Å². The number of hydrogen-bond donors (Lipinski definition) is 3. The van der Waals surface area contributed by atoms with Gasteiger partial charge in [0.25, 0.3) is 0 Å². The van der Waals surface area contributed by atoms with Crippen LogP contribution in [0.3, 0.4) is 0 Å². The first kappa shape index (κ1) is 18.4. The van der Waals surface area contributed by atoms with Gasteiger partial charge in [-0.2, -0.15) is 5.11 Å². The third kappa shape index (κ3) is 5.26. The van der Waals surface area contributed by atoms with E-state index < -0.39 is 0 Å². The zero-order chi connectivity index (χ0) is 18.2. The summed E-state index contributed by atoms with van der Waals surface area (Å²) in [4.78, 5) is 11.5. The quantitative estimate of drug-likeness (QED) is 0.532. The Morgan fingerprint density at radius 3 is 2.64 bits per heavy atom. The van der Waals surface area contributed by atoms with Crippen LogP contribution in [-0.2, 0) is 17.8 Å². The van der Waals surface area contributed by atoms with Crippen molar-refractivity contribution in [1.82, 2.24) is 5.32 Å². The number of nitrogens with zero attached hydrogens (tertiary/aromatic N) is 2. The van der Waals surface area contributed by atoms with Crippen molar-refractivity contribution in [3.8, 4) is 5.75 Å². The van der Waals surface area contributed by atoms with E-state index in [0.29, 0.717) is 36.5 Å². The SMILES string of the molecule is C=C(C)C(=O)NCCc1ccc(O)c(N=Nc2ccccc2CN)c1. The van der Waals surface area contributed by atoms with Gasteiger partial charge in [0.05, 0.1) is 5.69 Å². The second-order valence-corrected chi connectivity index (χ2v) is 5.64. The molecule has 0 aliphatic heterocycles. The fourth-order valence-corrected chi connectivity index (χ4v) is 2.16. The van der Waals surface area contributed by atoms with E-state index in [1.807, 2.05) is 24.3 Å². The highest BCUT2D eigenvalue weighted by Crippen LogP contribution is 2.30. The van der Waals surface area contributed by atoms with Crippen LogP contribution in [-0.4, -0.2) is 17.6 Å². The van der Waals surface area contributed by atoms with Gasteiger partial charge in [0.15, 0.2) is 0 Å². The third-order valence-corrected chi connectivity index (χ3v) is 3.60. The molecule has 0 aromatic heterocycles. The Bertz CT molecular complexity index is 800. The molecule has 0 spiro atoms. The molecule has 6 heteroatoms. The molecule has 25 heavy (non-hydrogen) atoms. The number of phenols is 1. The summed E-state index contributed by atoms with van der Waals surface area (Å²) in [6.45, 7) is 6.09. The molecule has 0 aliphatic carbocycles. The summed E-state index contributed by atoms with van der Waals surface area (Å²) in [5.41, 5.74) is 9.00. The van der Waals surface area contributed by atoms with Gasteiger partial charge in [-0.15, -0.1) is 5.11 Å². The number of benzene rings is 2. The predicted molar refractivity (Wildman–Crippen MR) is 98.1 cm³/mol. The van der Waals surface area contributed by atoms with Gasteiger partial charge in [0.1, 0.15) is 11.4 Å². The predicted octanol–water partition coefficient (Wildman–Crippen LogP) is 3.50. The molecule has 0 fully saturated rings. The number of nitrogens with one attached hydrogen (secondary N) is 1. The Balaban J connectivity index is 2.09. The molecule has 0 saturated carbocycles. The maximum atomic E-state index is 11.5. The summed E-state index contributed by atoms with van der Waals surface area (Å²) >= 11 is 0. The number of carbonyl (C=O) groups is 1. The molecule has 0 saturated heterocycles. The van der Waals surface area contributed by atoms with Crippen LogP contribution in [0.15, 0.2) is 64.8 Å². The van der Waals surface area contributed by atoms with Crippen molar-refractivity contribution in [3.63, 3.8) is 0 Å². The van der Waals surface area contributed by atoms with Crippen LogP contribution in [0.25, 0.3) is 0 Å². The van der Waals surface area contributed by atoms with Gasteiger partial charge in [-0.1, -0.05) is 30.8 Å². The molecule has 2 rings (SSSR count). The summed E-state index contributed by atoms with van der Waals surface area (Å²) in [5, 5.41) is 21.1. The lowest BCUT2D eigenvalue weighted by Crippen LogP contribution is -2.25. The lowest BCUT2D eigenvalue weighted by molar-refractivity contribution is -0.117. The molecule has 0 aliphatic rings. The molecule has 1 amide bonds. The normalized spacial score (nSPS) is 10.8. The number of carbonyl (C=O) groups excluding carboxylic acids is 1. The second kappa shape index (κ2) is 8.75. The summed E-state index contributed by atoms with van der Waals surface area (Å²) in [6.07, 6.45) is 0.612. The average molecular weight is 338 g/mol. The van der Waals surface area contributed by atoms with Crippen molar-refractivity contribution >= 4 is 17.3 Å². The highest BCUT2D eigenvalue weighted by molar-refractivity contribution is 5.92. The highest BCUT2D eigenvalue weighted by atomic mass is 16.3. The number of azo groups is 1. The lowest BCUT2D eigenvalue weighted by Gasteiger charge is -2.06. The van der Waals surface area contributed by atoms with Gasteiger partial charge in [0, 0.05) is 18.7 Å². The molecule has 4 N–H and O–H groups in total. The molecule has 0 atom stereocenters. The van der Waals surface area contributed by atoms with Crippen molar-refractivity contribution in [3.05, 3.63) is 65.7 Å². The third-order valence-electron chi connectivity index (χ3n) is 3.60. The fourth-order valence-electron chi connectivity index (χ4n) is 2.16. The standard InChI is InChI=1S/C19H22N4O2/c1-13(2)19(25)21-10-9-14-7-8-18(24)17(11-14)23-22-16-6-4-3-5-15(16)12-20/h3-8,11,24H,1,9-10,12,20H2,2H3,(H,21,25). The van der Waals surface area contributed by atoms with Gasteiger partial charge in [-0.25, -0.2) is 0 Å². The minimum Gasteiger partial charge on any atom is -0.506 e. The maximum Gasteiger partial charge on any atom is 0.246 e. The van der Waals surface area contributed by atoms with Crippen LogP contribution in [0, 0.1) is 0 Å². The van der Waals surface area contributed by atoms with E-state index >= 15 is 0 Å². The van der Waals surface area contributed by atoms with Gasteiger partial charge in [0.2, 0.25) is 5.91 Å². The van der Waals surface area contributed by atoms with Gasteiger partial charge in [-0.05, 0) is 42.7 Å². The summed E-state index contributed by atoms with van der Waals surface area (Å²) < 4.78 is 0. The lowest BCUT2D eigenvalue weighted by atomic mass is 10.1. The molecule has 0 bridgehead atoms. The Hall–Kier alpha value is -2.99. The summed E-state index contributed by atoms with van der Waals surface area (Å²) in [6, 6.07) is 12.5. The maximum absolute atomic E-state index is 11.5. The number of aromatic hydroxyl groups is 1.